The highest BCUT2D eigenvalue weighted by Gasteiger charge is 2.64. The first-order valence-corrected chi connectivity index (χ1v) is 15.4. The first-order chi connectivity index (χ1) is 22.9. The summed E-state index contributed by atoms with van der Waals surface area (Å²) in [5, 5.41) is 17.8. The van der Waals surface area contributed by atoms with E-state index in [9.17, 15) is 31.5 Å². The van der Waals surface area contributed by atoms with Gasteiger partial charge >= 0.3 is 12.3 Å². The zero-order valence-corrected chi connectivity index (χ0v) is 27.1. The van der Waals surface area contributed by atoms with Crippen LogP contribution in [0.5, 0.6) is 0 Å². The summed E-state index contributed by atoms with van der Waals surface area (Å²) >= 11 is 6.39. The number of amides is 2. The number of aromatic nitrogens is 5. The van der Waals surface area contributed by atoms with Crippen LogP contribution in [0.4, 0.5) is 26.7 Å². The van der Waals surface area contributed by atoms with Crippen molar-refractivity contribution in [1.29, 1.82) is 5.41 Å². The van der Waals surface area contributed by atoms with Crippen molar-refractivity contribution in [3.05, 3.63) is 77.4 Å². The molecule has 1 aliphatic carbocycles. The zero-order chi connectivity index (χ0) is 35.5. The van der Waals surface area contributed by atoms with Crippen molar-refractivity contribution in [1.82, 2.24) is 39.7 Å². The van der Waals surface area contributed by atoms with Crippen molar-refractivity contribution in [3.8, 4) is 5.69 Å². The van der Waals surface area contributed by atoms with Crippen LogP contribution in [0.2, 0.25) is 5.02 Å². The molecule has 2 atom stereocenters. The van der Waals surface area contributed by atoms with Gasteiger partial charge in [0.2, 0.25) is 0 Å². The van der Waals surface area contributed by atoms with Crippen molar-refractivity contribution in [2.75, 3.05) is 6.61 Å². The second-order valence-corrected chi connectivity index (χ2v) is 13.7. The molecule has 2 amide bonds. The summed E-state index contributed by atoms with van der Waals surface area (Å²) in [4.78, 5) is 36.3. The van der Waals surface area contributed by atoms with E-state index >= 15 is 0 Å². The Bertz CT molecular complexity index is 1930. The van der Waals surface area contributed by atoms with Gasteiger partial charge in [0.15, 0.2) is 11.8 Å². The lowest BCUT2D eigenvalue weighted by atomic mass is 9.75. The quantitative estimate of drug-likeness (QED) is 0.179. The van der Waals surface area contributed by atoms with Gasteiger partial charge in [-0.2, -0.15) is 18.3 Å². The van der Waals surface area contributed by atoms with Crippen molar-refractivity contribution in [2.24, 2.45) is 5.41 Å². The van der Waals surface area contributed by atoms with Gasteiger partial charge < -0.3 is 19.8 Å². The molecular weight excluding hydrogens is 677 g/mol. The highest BCUT2D eigenvalue weighted by atomic mass is 35.5. The third-order valence-corrected chi connectivity index (χ3v) is 8.85. The lowest BCUT2D eigenvalue weighted by Gasteiger charge is -2.35. The number of fused-ring (bicyclic) bond motifs is 1. The molecule has 0 radical (unpaired) electrons. The largest absolute Gasteiger partial charge is 0.447 e. The number of imidazole rings is 1. The number of rotatable bonds is 9. The average molecular weight is 708 g/mol. The highest BCUT2D eigenvalue weighted by Crippen LogP contribution is 2.49. The van der Waals surface area contributed by atoms with E-state index in [1.165, 1.54) is 18.2 Å². The number of hydrogen-bond acceptors (Lipinski definition) is 7. The summed E-state index contributed by atoms with van der Waals surface area (Å²) < 4.78 is 76.2. The van der Waals surface area contributed by atoms with Crippen molar-refractivity contribution in [3.63, 3.8) is 0 Å². The van der Waals surface area contributed by atoms with E-state index in [4.69, 9.17) is 21.7 Å². The number of halogens is 6. The second-order valence-electron chi connectivity index (χ2n) is 13.3. The fourth-order valence-corrected chi connectivity index (χ4v) is 6.31. The summed E-state index contributed by atoms with van der Waals surface area (Å²) in [5.41, 5.74) is -3.15. The van der Waals surface area contributed by atoms with E-state index in [-0.39, 0.29) is 35.5 Å². The minimum absolute atomic E-state index is 0.0217. The van der Waals surface area contributed by atoms with Gasteiger partial charge in [-0.1, -0.05) is 38.4 Å². The molecule has 2 fully saturated rings. The van der Waals surface area contributed by atoms with Crippen LogP contribution in [-0.4, -0.2) is 65.3 Å². The number of nitrogens with one attached hydrogen (secondary N) is 3. The van der Waals surface area contributed by atoms with Crippen LogP contribution in [0, 0.1) is 10.8 Å². The SMILES string of the molecule is CC(C)(C)C[C@]1(c2ccn3cncc3c2)NC(=N)N([C@H](COC(=O)NC2(C(F)(F)F)CC2)c2ccc(Cl)c(-n3ncnc3C(F)F)c2)C1=O. The molecule has 3 N–H and O–H groups in total. The molecule has 0 spiro atoms. The topological polar surface area (TPSA) is 143 Å². The first kappa shape index (κ1) is 34.1. The smallest absolute Gasteiger partial charge is 0.411 e. The Morgan fingerprint density at radius 3 is 2.57 bits per heavy atom. The Hall–Kier alpha value is -4.80. The number of alkyl halides is 5. The van der Waals surface area contributed by atoms with E-state index in [2.05, 4.69) is 20.4 Å². The minimum atomic E-state index is -4.71. The van der Waals surface area contributed by atoms with Gasteiger partial charge in [0, 0.05) is 6.20 Å². The molecular formula is C31H31ClF5N9O3. The summed E-state index contributed by atoms with van der Waals surface area (Å²) in [6.07, 6.45) is -3.77. The normalized spacial score (nSPS) is 19.8. The molecule has 1 saturated heterocycles. The molecule has 4 heterocycles. The van der Waals surface area contributed by atoms with Crippen molar-refractivity contribution >= 4 is 35.1 Å². The Labute approximate surface area is 281 Å². The highest BCUT2D eigenvalue weighted by molar-refractivity contribution is 6.32. The maximum atomic E-state index is 14.8. The van der Waals surface area contributed by atoms with Crippen molar-refractivity contribution < 1.29 is 36.3 Å². The number of nitrogens with zero attached hydrogens (tertiary/aromatic N) is 6. The molecule has 4 aromatic rings. The fraction of sp³-hybridized carbons (Fsp3) is 0.419. The molecule has 49 heavy (non-hydrogen) atoms. The summed E-state index contributed by atoms with van der Waals surface area (Å²) in [6.45, 7) is 5.02. The Morgan fingerprint density at radius 1 is 1.18 bits per heavy atom. The summed E-state index contributed by atoms with van der Waals surface area (Å²) in [7, 11) is 0. The molecule has 1 aromatic carbocycles. The number of carbonyl (C=O) groups excluding carboxylic acids is 2. The standard InChI is InChI=1S/C31H31ClF5N9O3/c1-28(2,3)14-30(18-6-9-44-16-39-12-19(44)11-18)25(47)45(26(38)42-30)22(13-49-27(48)43-29(7-8-29)31(35,36)37)17-4-5-20(32)21(10-17)46-24(23(33)34)40-15-41-46/h4-6,9-12,15-16,22-23H,7-8,13-14H2,1-3H3,(H2,38,42)(H,43,48)/t22-,30-/m1/s1. The van der Waals surface area contributed by atoms with Crippen LogP contribution in [0.15, 0.2) is 55.4 Å². The van der Waals surface area contributed by atoms with E-state index in [1.54, 1.807) is 35.3 Å². The van der Waals surface area contributed by atoms with Gasteiger partial charge in [0.25, 0.3) is 12.3 Å². The Kier molecular flexibility index (Phi) is 8.32. The maximum Gasteiger partial charge on any atom is 0.411 e. The third-order valence-electron chi connectivity index (χ3n) is 8.53. The predicted molar refractivity (Wildman–Crippen MR) is 165 cm³/mol. The fourth-order valence-electron chi connectivity index (χ4n) is 6.11. The molecule has 0 unspecified atom stereocenters. The maximum absolute atomic E-state index is 14.8. The lowest BCUT2D eigenvalue weighted by Crippen LogP contribution is -2.49. The van der Waals surface area contributed by atoms with Crippen LogP contribution in [0.1, 0.15) is 69.5 Å². The molecule has 12 nitrogen and oxygen atoms in total. The first-order valence-electron chi connectivity index (χ1n) is 15.1. The number of hydrogen-bond donors (Lipinski definition) is 3. The second kappa shape index (κ2) is 12.0. The van der Waals surface area contributed by atoms with Gasteiger partial charge in [-0.15, -0.1) is 0 Å². The Morgan fingerprint density at radius 2 is 1.92 bits per heavy atom. The average Bonchev–Trinajstić information content (AvgIpc) is 3.33. The number of benzene rings is 1. The predicted octanol–water partition coefficient (Wildman–Crippen LogP) is 6.07. The molecule has 18 heteroatoms. The van der Waals surface area contributed by atoms with E-state index in [0.29, 0.717) is 11.1 Å². The summed E-state index contributed by atoms with van der Waals surface area (Å²) in [6, 6.07) is 6.21. The van der Waals surface area contributed by atoms with Crippen molar-refractivity contribution in [2.45, 2.75) is 69.8 Å². The van der Waals surface area contributed by atoms with Gasteiger partial charge in [-0.05, 0) is 60.1 Å². The van der Waals surface area contributed by atoms with Crippen LogP contribution < -0.4 is 10.6 Å². The number of pyridine rings is 1. The number of guanidine groups is 1. The minimum Gasteiger partial charge on any atom is -0.447 e. The molecule has 0 bridgehead atoms. The van der Waals surface area contributed by atoms with E-state index < -0.39 is 65.5 Å². The Balaban J connectivity index is 1.42. The van der Waals surface area contributed by atoms with Gasteiger partial charge in [0.05, 0.1) is 34.8 Å². The number of ether oxygens (including phenoxy) is 1. The van der Waals surface area contributed by atoms with E-state index in [0.717, 1.165) is 15.9 Å². The van der Waals surface area contributed by atoms with Crippen LogP contribution in [0.25, 0.3) is 11.2 Å². The zero-order valence-electron chi connectivity index (χ0n) is 26.4. The van der Waals surface area contributed by atoms with Gasteiger partial charge in [-0.3, -0.25) is 15.1 Å². The van der Waals surface area contributed by atoms with Gasteiger partial charge in [-0.25, -0.2) is 28.2 Å². The lowest BCUT2D eigenvalue weighted by molar-refractivity contribution is -0.164. The molecule has 1 saturated carbocycles. The monoisotopic (exact) mass is 707 g/mol. The molecule has 3 aromatic heterocycles. The van der Waals surface area contributed by atoms with Gasteiger partial charge in [0.1, 0.15) is 24.0 Å². The number of alkyl carbamates (subject to hydrolysis) is 1. The third kappa shape index (κ3) is 6.26. The summed E-state index contributed by atoms with van der Waals surface area (Å²) in [5.74, 6) is -1.74. The molecule has 6 rings (SSSR count). The van der Waals surface area contributed by atoms with Crippen LogP contribution in [0.3, 0.4) is 0 Å². The molecule has 260 valence electrons. The number of carbonyl (C=O) groups is 2. The molecule has 2 aliphatic rings. The van der Waals surface area contributed by atoms with Crippen LogP contribution >= 0.6 is 11.6 Å². The van der Waals surface area contributed by atoms with E-state index in [1.807, 2.05) is 26.1 Å². The van der Waals surface area contributed by atoms with Crippen LogP contribution in [-0.2, 0) is 15.1 Å². The molecule has 1 aliphatic heterocycles.